The summed E-state index contributed by atoms with van der Waals surface area (Å²) < 4.78 is 12.8. The number of aromatic nitrogens is 2. The molecule has 2 fully saturated rings. The van der Waals surface area contributed by atoms with Crippen molar-refractivity contribution in [2.75, 3.05) is 46.1 Å². The van der Waals surface area contributed by atoms with Crippen LogP contribution in [0.3, 0.4) is 0 Å². The van der Waals surface area contributed by atoms with Gasteiger partial charge < -0.3 is 14.8 Å². The fourth-order valence-electron chi connectivity index (χ4n) is 3.31. The lowest BCUT2D eigenvalue weighted by Crippen LogP contribution is -2.52. The summed E-state index contributed by atoms with van der Waals surface area (Å²) in [5.41, 5.74) is 0. The Morgan fingerprint density at radius 2 is 2.17 bits per heavy atom. The molecule has 0 bridgehead atoms. The van der Waals surface area contributed by atoms with Gasteiger partial charge in [-0.2, -0.15) is 5.10 Å². The van der Waals surface area contributed by atoms with E-state index in [2.05, 4.69) is 15.3 Å². The molecule has 2 aliphatic rings. The van der Waals surface area contributed by atoms with Gasteiger partial charge in [0, 0.05) is 63.6 Å². The molecular formula is C16H26N4O3. The molecule has 23 heavy (non-hydrogen) atoms. The van der Waals surface area contributed by atoms with Gasteiger partial charge in [0.25, 0.3) is 0 Å². The van der Waals surface area contributed by atoms with Crippen LogP contribution in [-0.2, 0) is 20.8 Å². The van der Waals surface area contributed by atoms with Crippen molar-refractivity contribution in [1.82, 2.24) is 20.0 Å². The van der Waals surface area contributed by atoms with Crippen LogP contribution >= 0.6 is 0 Å². The van der Waals surface area contributed by atoms with Crippen LogP contribution in [-0.4, -0.2) is 72.7 Å². The summed E-state index contributed by atoms with van der Waals surface area (Å²) >= 11 is 0. The molecule has 3 rings (SSSR count). The molecular weight excluding hydrogens is 296 g/mol. The Balaban J connectivity index is 1.47. The number of ether oxygens (including phenoxy) is 2. The lowest BCUT2D eigenvalue weighted by atomic mass is 9.97. The average Bonchev–Trinajstić information content (AvgIpc) is 3.28. The van der Waals surface area contributed by atoms with Gasteiger partial charge in [-0.1, -0.05) is 0 Å². The first kappa shape index (κ1) is 16.4. The Morgan fingerprint density at radius 1 is 1.30 bits per heavy atom. The van der Waals surface area contributed by atoms with Crippen molar-refractivity contribution >= 4 is 5.91 Å². The SMILES string of the molecule is O=C(CCn1cccn1)NC[C@@H]([C@@H]1CCOC1)N1CCOCC1. The Kier molecular flexibility index (Phi) is 6.01. The van der Waals surface area contributed by atoms with Gasteiger partial charge in [-0.05, 0) is 12.5 Å². The van der Waals surface area contributed by atoms with Gasteiger partial charge in [-0.15, -0.1) is 0 Å². The van der Waals surface area contributed by atoms with E-state index in [0.717, 1.165) is 45.9 Å². The van der Waals surface area contributed by atoms with E-state index in [4.69, 9.17) is 9.47 Å². The molecule has 3 heterocycles. The van der Waals surface area contributed by atoms with Gasteiger partial charge >= 0.3 is 0 Å². The topological polar surface area (TPSA) is 68.6 Å². The molecule has 128 valence electrons. The van der Waals surface area contributed by atoms with Crippen LogP contribution < -0.4 is 5.32 Å². The molecule has 0 saturated carbocycles. The zero-order valence-electron chi connectivity index (χ0n) is 13.5. The predicted molar refractivity (Wildman–Crippen MR) is 85.0 cm³/mol. The van der Waals surface area contributed by atoms with Crippen molar-refractivity contribution in [2.45, 2.75) is 25.4 Å². The van der Waals surface area contributed by atoms with Gasteiger partial charge in [0.15, 0.2) is 0 Å². The molecule has 0 aliphatic carbocycles. The van der Waals surface area contributed by atoms with Crippen LogP contribution in [0.2, 0.25) is 0 Å². The van der Waals surface area contributed by atoms with E-state index in [0.29, 0.717) is 31.5 Å². The van der Waals surface area contributed by atoms with E-state index in [1.54, 1.807) is 10.9 Å². The summed E-state index contributed by atoms with van der Waals surface area (Å²) in [5, 5.41) is 7.22. The maximum absolute atomic E-state index is 12.1. The number of amides is 1. The van der Waals surface area contributed by atoms with Gasteiger partial charge in [0.05, 0.1) is 19.8 Å². The summed E-state index contributed by atoms with van der Waals surface area (Å²) in [6.45, 7) is 6.35. The fourth-order valence-corrected chi connectivity index (χ4v) is 3.31. The Bertz CT molecular complexity index is 468. The van der Waals surface area contributed by atoms with E-state index < -0.39 is 0 Å². The monoisotopic (exact) mass is 322 g/mol. The number of morpholine rings is 1. The van der Waals surface area contributed by atoms with Crippen molar-refractivity contribution in [3.05, 3.63) is 18.5 Å². The highest BCUT2D eigenvalue weighted by Crippen LogP contribution is 2.21. The lowest BCUT2D eigenvalue weighted by molar-refractivity contribution is -0.121. The van der Waals surface area contributed by atoms with E-state index in [9.17, 15) is 4.79 Å². The van der Waals surface area contributed by atoms with Crippen molar-refractivity contribution < 1.29 is 14.3 Å². The third kappa shape index (κ3) is 4.76. The molecule has 1 aromatic rings. The van der Waals surface area contributed by atoms with Crippen molar-refractivity contribution in [2.24, 2.45) is 5.92 Å². The van der Waals surface area contributed by atoms with Crippen LogP contribution in [0.25, 0.3) is 0 Å². The summed E-state index contributed by atoms with van der Waals surface area (Å²) in [4.78, 5) is 14.6. The Morgan fingerprint density at radius 3 is 2.87 bits per heavy atom. The molecule has 1 amide bonds. The number of carbonyl (C=O) groups excluding carboxylic acids is 1. The molecule has 0 spiro atoms. The lowest BCUT2D eigenvalue weighted by Gasteiger charge is -2.37. The van der Waals surface area contributed by atoms with Gasteiger partial charge in [-0.3, -0.25) is 14.4 Å². The number of hydrogen-bond donors (Lipinski definition) is 1. The second kappa shape index (κ2) is 8.42. The van der Waals surface area contributed by atoms with Gasteiger partial charge in [0.1, 0.15) is 0 Å². The van der Waals surface area contributed by atoms with Crippen LogP contribution in [0.5, 0.6) is 0 Å². The summed E-state index contributed by atoms with van der Waals surface area (Å²) in [6, 6.07) is 2.21. The highest BCUT2D eigenvalue weighted by Gasteiger charge is 2.31. The number of rotatable bonds is 7. The Hall–Kier alpha value is -1.44. The normalized spacial score (nSPS) is 23.7. The number of nitrogens with zero attached hydrogens (tertiary/aromatic N) is 3. The van der Waals surface area contributed by atoms with Crippen molar-refractivity contribution in [3.63, 3.8) is 0 Å². The molecule has 0 aromatic carbocycles. The minimum absolute atomic E-state index is 0.0812. The first-order valence-electron chi connectivity index (χ1n) is 8.46. The highest BCUT2D eigenvalue weighted by molar-refractivity contribution is 5.75. The number of aryl methyl sites for hydroxylation is 1. The third-order valence-electron chi connectivity index (χ3n) is 4.66. The van der Waals surface area contributed by atoms with Crippen LogP contribution in [0.1, 0.15) is 12.8 Å². The second-order valence-corrected chi connectivity index (χ2v) is 6.16. The number of carbonyl (C=O) groups is 1. The first-order chi connectivity index (χ1) is 11.3. The zero-order valence-corrected chi connectivity index (χ0v) is 13.5. The van der Waals surface area contributed by atoms with Crippen LogP contribution in [0.15, 0.2) is 18.5 Å². The standard InChI is InChI=1S/C16H26N4O3/c21-16(2-6-20-5-1-4-18-20)17-12-15(14-3-9-23-13-14)19-7-10-22-11-8-19/h1,4-5,14-15H,2-3,6-13H2,(H,17,21)/t14-,15+/m1/s1. The maximum atomic E-state index is 12.1. The van der Waals surface area contributed by atoms with Gasteiger partial charge in [0.2, 0.25) is 5.91 Å². The smallest absolute Gasteiger partial charge is 0.221 e. The van der Waals surface area contributed by atoms with Crippen molar-refractivity contribution in [3.8, 4) is 0 Å². The quantitative estimate of drug-likeness (QED) is 0.773. The summed E-state index contributed by atoms with van der Waals surface area (Å²) in [5.74, 6) is 0.581. The average molecular weight is 322 g/mol. The molecule has 7 heteroatoms. The molecule has 1 aromatic heterocycles. The zero-order chi connectivity index (χ0) is 15.9. The molecule has 1 N–H and O–H groups in total. The third-order valence-corrected chi connectivity index (χ3v) is 4.66. The first-order valence-corrected chi connectivity index (χ1v) is 8.46. The highest BCUT2D eigenvalue weighted by atomic mass is 16.5. The summed E-state index contributed by atoms with van der Waals surface area (Å²) in [7, 11) is 0. The number of hydrogen-bond acceptors (Lipinski definition) is 5. The van der Waals surface area contributed by atoms with E-state index >= 15 is 0 Å². The van der Waals surface area contributed by atoms with Crippen LogP contribution in [0.4, 0.5) is 0 Å². The van der Waals surface area contributed by atoms with E-state index in [1.165, 1.54) is 0 Å². The second-order valence-electron chi connectivity index (χ2n) is 6.16. The minimum Gasteiger partial charge on any atom is -0.381 e. The molecule has 2 atom stereocenters. The largest absolute Gasteiger partial charge is 0.381 e. The minimum atomic E-state index is 0.0812. The Labute approximate surface area is 136 Å². The molecule has 2 saturated heterocycles. The molecule has 2 aliphatic heterocycles. The van der Waals surface area contributed by atoms with Crippen LogP contribution in [0, 0.1) is 5.92 Å². The molecule has 0 unspecified atom stereocenters. The number of nitrogens with one attached hydrogen (secondary N) is 1. The summed E-state index contributed by atoms with van der Waals surface area (Å²) in [6.07, 6.45) is 5.13. The predicted octanol–water partition coefficient (Wildman–Crippen LogP) is 0.127. The van der Waals surface area contributed by atoms with E-state index in [-0.39, 0.29) is 5.91 Å². The fraction of sp³-hybridized carbons (Fsp3) is 0.750. The maximum Gasteiger partial charge on any atom is 0.221 e. The van der Waals surface area contributed by atoms with E-state index in [1.807, 2.05) is 12.3 Å². The molecule has 7 nitrogen and oxygen atoms in total. The van der Waals surface area contributed by atoms with Gasteiger partial charge in [-0.25, -0.2) is 0 Å². The molecule has 0 radical (unpaired) electrons. The van der Waals surface area contributed by atoms with Crippen molar-refractivity contribution in [1.29, 1.82) is 0 Å².